The number of carboxylic acids is 1. The minimum Gasteiger partial charge on any atom is -0.480 e. The fraction of sp³-hybridized carbons (Fsp3) is 0.444. The predicted octanol–water partition coefficient (Wildman–Crippen LogP) is 3.64. The number of carbonyl (C=O) groups excluding carboxylic acids is 2. The standard InChI is InChI=1S/C27H32N2O6/c1-18(25(32)29-16-27(2,17-29)35-15-24(30)31)8-7-13-28-26(33)34-14-23-21-11-5-3-9-19(21)20-10-4-6-12-22(20)23/h3-6,9-12,18,23H,7-8,13-17H2,1-2H3,(H,28,33)(H,30,31). The molecule has 2 amide bonds. The van der Waals surface area contributed by atoms with Gasteiger partial charge in [-0.15, -0.1) is 0 Å². The molecule has 8 heteroatoms. The summed E-state index contributed by atoms with van der Waals surface area (Å²) in [4.78, 5) is 37.2. The van der Waals surface area contributed by atoms with Crippen LogP contribution in [0.5, 0.6) is 0 Å². The maximum atomic E-state index is 12.6. The maximum Gasteiger partial charge on any atom is 0.407 e. The lowest BCUT2D eigenvalue weighted by Crippen LogP contribution is -2.64. The Balaban J connectivity index is 1.16. The number of alkyl carbamates (subject to hydrolysis) is 1. The number of ether oxygens (including phenoxy) is 2. The molecule has 0 saturated carbocycles. The van der Waals surface area contributed by atoms with Crippen molar-refractivity contribution >= 4 is 18.0 Å². The highest BCUT2D eigenvalue weighted by Crippen LogP contribution is 2.44. The molecule has 2 N–H and O–H groups in total. The van der Waals surface area contributed by atoms with Gasteiger partial charge in [-0.3, -0.25) is 4.79 Å². The van der Waals surface area contributed by atoms with Gasteiger partial charge in [0, 0.05) is 18.4 Å². The Hall–Kier alpha value is -3.39. The van der Waals surface area contributed by atoms with Gasteiger partial charge < -0.3 is 24.8 Å². The molecule has 1 atom stereocenters. The van der Waals surface area contributed by atoms with Crippen LogP contribution in [0.4, 0.5) is 4.79 Å². The molecule has 35 heavy (non-hydrogen) atoms. The van der Waals surface area contributed by atoms with Crippen molar-refractivity contribution in [3.8, 4) is 11.1 Å². The van der Waals surface area contributed by atoms with E-state index in [4.69, 9.17) is 14.6 Å². The van der Waals surface area contributed by atoms with E-state index in [1.165, 1.54) is 22.3 Å². The van der Waals surface area contributed by atoms with E-state index in [1.807, 2.05) is 38.1 Å². The lowest BCUT2D eigenvalue weighted by Gasteiger charge is -2.48. The molecule has 8 nitrogen and oxygen atoms in total. The van der Waals surface area contributed by atoms with Crippen molar-refractivity contribution in [2.45, 2.75) is 38.2 Å². The fourth-order valence-electron chi connectivity index (χ4n) is 4.93. The first-order valence-corrected chi connectivity index (χ1v) is 12.0. The van der Waals surface area contributed by atoms with Crippen molar-refractivity contribution in [1.29, 1.82) is 0 Å². The quantitative estimate of drug-likeness (QED) is 0.503. The lowest BCUT2D eigenvalue weighted by molar-refractivity contribution is -0.175. The number of rotatable bonds is 10. The molecule has 2 aliphatic rings. The molecule has 0 aromatic heterocycles. The summed E-state index contributed by atoms with van der Waals surface area (Å²) in [6.07, 6.45) is 0.823. The second-order valence-electron chi connectivity index (χ2n) is 9.62. The summed E-state index contributed by atoms with van der Waals surface area (Å²) in [6.45, 7) is 4.78. The maximum absolute atomic E-state index is 12.6. The van der Waals surface area contributed by atoms with Gasteiger partial charge in [-0.1, -0.05) is 55.5 Å². The van der Waals surface area contributed by atoms with E-state index >= 15 is 0 Å². The van der Waals surface area contributed by atoms with Crippen LogP contribution < -0.4 is 5.32 Å². The summed E-state index contributed by atoms with van der Waals surface area (Å²) < 4.78 is 10.9. The van der Waals surface area contributed by atoms with E-state index in [1.54, 1.807) is 4.90 Å². The summed E-state index contributed by atoms with van der Waals surface area (Å²) in [5, 5.41) is 11.5. The summed E-state index contributed by atoms with van der Waals surface area (Å²) in [7, 11) is 0. The first kappa shape index (κ1) is 24.7. The van der Waals surface area contributed by atoms with Crippen molar-refractivity contribution in [3.05, 3.63) is 59.7 Å². The molecule has 0 radical (unpaired) electrons. The normalized spacial score (nSPS) is 16.6. The van der Waals surface area contributed by atoms with Crippen LogP contribution in [0.25, 0.3) is 11.1 Å². The number of fused-ring (bicyclic) bond motifs is 3. The molecule has 1 heterocycles. The van der Waals surface area contributed by atoms with Crippen LogP contribution in [-0.2, 0) is 19.1 Å². The first-order chi connectivity index (χ1) is 16.8. The molecule has 1 unspecified atom stereocenters. The summed E-state index contributed by atoms with van der Waals surface area (Å²) >= 11 is 0. The Kier molecular flexibility index (Phi) is 7.40. The van der Waals surface area contributed by atoms with Crippen LogP contribution in [0.2, 0.25) is 0 Å². The third-order valence-corrected chi connectivity index (χ3v) is 6.75. The van der Waals surface area contributed by atoms with Gasteiger partial charge in [0.2, 0.25) is 5.91 Å². The minimum atomic E-state index is -1.02. The molecular formula is C27H32N2O6. The van der Waals surface area contributed by atoms with Crippen molar-refractivity contribution in [1.82, 2.24) is 10.2 Å². The van der Waals surface area contributed by atoms with E-state index in [9.17, 15) is 14.4 Å². The molecule has 1 fully saturated rings. The number of likely N-dealkylation sites (tertiary alicyclic amines) is 1. The van der Waals surface area contributed by atoms with E-state index in [-0.39, 0.29) is 31.0 Å². The lowest BCUT2D eigenvalue weighted by atomic mass is 9.93. The van der Waals surface area contributed by atoms with Gasteiger partial charge in [0.15, 0.2) is 0 Å². The van der Waals surface area contributed by atoms with Crippen LogP contribution in [0.3, 0.4) is 0 Å². The van der Waals surface area contributed by atoms with Crippen LogP contribution in [0.15, 0.2) is 48.5 Å². The van der Waals surface area contributed by atoms with Gasteiger partial charge in [0.1, 0.15) is 18.8 Å². The SMILES string of the molecule is CC(CCCNC(=O)OCC1c2ccccc2-c2ccccc21)C(=O)N1CC(C)(OCC(=O)O)C1. The van der Waals surface area contributed by atoms with Crippen molar-refractivity contribution in [2.24, 2.45) is 5.92 Å². The predicted molar refractivity (Wildman–Crippen MR) is 130 cm³/mol. The van der Waals surface area contributed by atoms with Crippen molar-refractivity contribution < 1.29 is 29.0 Å². The third kappa shape index (κ3) is 5.65. The number of amides is 2. The zero-order valence-electron chi connectivity index (χ0n) is 20.2. The van der Waals surface area contributed by atoms with Crippen molar-refractivity contribution in [2.75, 3.05) is 32.8 Å². The average molecular weight is 481 g/mol. The van der Waals surface area contributed by atoms with Gasteiger partial charge in [-0.05, 0) is 42.0 Å². The summed E-state index contributed by atoms with van der Waals surface area (Å²) in [5.74, 6) is -1.17. The molecule has 1 aliphatic heterocycles. The van der Waals surface area contributed by atoms with Crippen molar-refractivity contribution in [3.63, 3.8) is 0 Å². The minimum absolute atomic E-state index is 0.0162. The number of carbonyl (C=O) groups is 3. The zero-order valence-corrected chi connectivity index (χ0v) is 20.2. The number of carboxylic acid groups (broad SMARTS) is 1. The monoisotopic (exact) mass is 480 g/mol. The average Bonchev–Trinajstić information content (AvgIpc) is 3.15. The molecule has 2 aromatic rings. The Morgan fingerprint density at radius 2 is 1.69 bits per heavy atom. The Morgan fingerprint density at radius 3 is 2.29 bits per heavy atom. The van der Waals surface area contributed by atoms with Gasteiger partial charge in [-0.2, -0.15) is 0 Å². The highest BCUT2D eigenvalue weighted by atomic mass is 16.5. The highest BCUT2D eigenvalue weighted by molar-refractivity contribution is 5.80. The molecule has 0 bridgehead atoms. The van der Waals surface area contributed by atoms with E-state index in [0.29, 0.717) is 32.5 Å². The molecular weight excluding hydrogens is 448 g/mol. The third-order valence-electron chi connectivity index (χ3n) is 6.75. The second-order valence-corrected chi connectivity index (χ2v) is 9.62. The van der Waals surface area contributed by atoms with Crippen LogP contribution in [0.1, 0.15) is 43.7 Å². The molecule has 1 aliphatic carbocycles. The number of hydrogen-bond donors (Lipinski definition) is 2. The number of hydrogen-bond acceptors (Lipinski definition) is 5. The molecule has 186 valence electrons. The van der Waals surface area contributed by atoms with Crippen LogP contribution in [-0.4, -0.2) is 66.4 Å². The van der Waals surface area contributed by atoms with E-state index < -0.39 is 17.7 Å². The summed E-state index contributed by atoms with van der Waals surface area (Å²) in [6, 6.07) is 16.4. The van der Waals surface area contributed by atoms with Gasteiger partial charge in [0.05, 0.1) is 13.1 Å². The largest absolute Gasteiger partial charge is 0.480 e. The Bertz CT molecular complexity index is 1050. The van der Waals surface area contributed by atoms with E-state index in [0.717, 1.165) is 0 Å². The zero-order chi connectivity index (χ0) is 25.0. The molecule has 1 saturated heterocycles. The first-order valence-electron chi connectivity index (χ1n) is 12.0. The van der Waals surface area contributed by atoms with Crippen LogP contribution in [0, 0.1) is 5.92 Å². The smallest absolute Gasteiger partial charge is 0.407 e. The fourth-order valence-corrected chi connectivity index (χ4v) is 4.93. The highest BCUT2D eigenvalue weighted by Gasteiger charge is 2.43. The second kappa shape index (κ2) is 10.5. The summed E-state index contributed by atoms with van der Waals surface area (Å²) in [5.41, 5.74) is 4.12. The van der Waals surface area contributed by atoms with Gasteiger partial charge in [-0.25, -0.2) is 9.59 Å². The van der Waals surface area contributed by atoms with E-state index in [2.05, 4.69) is 29.6 Å². The Morgan fingerprint density at radius 1 is 1.09 bits per heavy atom. The Labute approximate surface area is 205 Å². The number of nitrogens with one attached hydrogen (secondary N) is 1. The molecule has 2 aromatic carbocycles. The van der Waals surface area contributed by atoms with Gasteiger partial charge in [0.25, 0.3) is 0 Å². The van der Waals surface area contributed by atoms with Gasteiger partial charge >= 0.3 is 12.1 Å². The molecule has 0 spiro atoms. The topological polar surface area (TPSA) is 105 Å². The molecule has 4 rings (SSSR count). The van der Waals surface area contributed by atoms with Crippen LogP contribution >= 0.6 is 0 Å². The number of nitrogens with zero attached hydrogens (tertiary/aromatic N) is 1. The number of benzene rings is 2. The number of aliphatic carboxylic acids is 1.